The number of imide groups is 1. The second-order valence-electron chi connectivity index (χ2n) is 9.75. The van der Waals surface area contributed by atoms with Crippen LogP contribution in [-0.2, 0) is 19.1 Å². The van der Waals surface area contributed by atoms with Gasteiger partial charge in [-0.1, -0.05) is 38.5 Å². The number of rotatable bonds is 5. The van der Waals surface area contributed by atoms with Crippen molar-refractivity contribution in [2.75, 3.05) is 11.9 Å². The fourth-order valence-corrected chi connectivity index (χ4v) is 4.95. The average molecular weight is 430 g/mol. The van der Waals surface area contributed by atoms with E-state index >= 15 is 0 Å². The third-order valence-corrected chi connectivity index (χ3v) is 5.91. The van der Waals surface area contributed by atoms with E-state index in [2.05, 4.69) is 31.4 Å². The first-order chi connectivity index (χ1) is 14.4. The first kappa shape index (κ1) is 22.8. The van der Waals surface area contributed by atoms with Gasteiger partial charge in [0.15, 0.2) is 6.10 Å². The number of carbonyl (C=O) groups excluding carboxylic acids is 4. The summed E-state index contributed by atoms with van der Waals surface area (Å²) in [6, 6.07) is 6.62. The third-order valence-electron chi connectivity index (χ3n) is 5.91. The SMILES string of the molecule is Cc1ccc(NC(=O)[C@@H](C)OC(=O)CN2C(=O)N[C@@]3(C[C@H](C)CC(C)(C)C3)C2=O)cc1. The van der Waals surface area contributed by atoms with E-state index in [0.29, 0.717) is 18.5 Å². The molecular formula is C23H31N3O5. The van der Waals surface area contributed by atoms with Crippen molar-refractivity contribution >= 4 is 29.5 Å². The van der Waals surface area contributed by atoms with E-state index in [1.165, 1.54) is 6.92 Å². The van der Waals surface area contributed by atoms with E-state index in [-0.39, 0.29) is 11.3 Å². The maximum absolute atomic E-state index is 13.1. The van der Waals surface area contributed by atoms with Gasteiger partial charge in [-0.15, -0.1) is 0 Å². The number of esters is 1. The lowest BCUT2D eigenvalue weighted by Crippen LogP contribution is -2.54. The van der Waals surface area contributed by atoms with E-state index in [9.17, 15) is 19.2 Å². The van der Waals surface area contributed by atoms with Crippen LogP contribution in [0.25, 0.3) is 0 Å². The maximum atomic E-state index is 13.1. The molecule has 1 saturated heterocycles. The molecule has 8 heteroatoms. The number of urea groups is 1. The highest BCUT2D eigenvalue weighted by Gasteiger charge is 2.56. The molecule has 3 rings (SSSR count). The zero-order chi connectivity index (χ0) is 23.0. The summed E-state index contributed by atoms with van der Waals surface area (Å²) < 4.78 is 5.18. The molecule has 31 heavy (non-hydrogen) atoms. The van der Waals surface area contributed by atoms with Crippen LogP contribution in [0, 0.1) is 18.3 Å². The molecule has 3 atom stereocenters. The lowest BCUT2D eigenvalue weighted by Gasteiger charge is -2.43. The normalized spacial score (nSPS) is 25.8. The highest BCUT2D eigenvalue weighted by Crippen LogP contribution is 2.46. The topological polar surface area (TPSA) is 105 Å². The van der Waals surface area contributed by atoms with E-state index in [1.807, 2.05) is 19.1 Å². The van der Waals surface area contributed by atoms with Gasteiger partial charge in [0.05, 0.1) is 0 Å². The van der Waals surface area contributed by atoms with Gasteiger partial charge in [0.1, 0.15) is 12.1 Å². The molecule has 0 radical (unpaired) electrons. The van der Waals surface area contributed by atoms with Crippen molar-refractivity contribution in [3.63, 3.8) is 0 Å². The Labute approximate surface area is 182 Å². The van der Waals surface area contributed by atoms with Crippen LogP contribution in [0.2, 0.25) is 0 Å². The molecule has 2 fully saturated rings. The molecule has 0 aromatic heterocycles. The van der Waals surface area contributed by atoms with Gasteiger partial charge in [-0.25, -0.2) is 4.79 Å². The minimum absolute atomic E-state index is 0.0975. The van der Waals surface area contributed by atoms with Gasteiger partial charge in [0, 0.05) is 5.69 Å². The summed E-state index contributed by atoms with van der Waals surface area (Å²) in [7, 11) is 0. The molecule has 1 heterocycles. The highest BCUT2D eigenvalue weighted by atomic mass is 16.5. The molecule has 4 amide bonds. The standard InChI is InChI=1S/C23H31N3O5/c1-14-6-8-17(9-7-14)24-19(28)16(3)31-18(27)12-26-20(29)23(25-21(26)30)11-15(2)10-22(4,5)13-23/h6-9,15-16H,10-13H2,1-5H3,(H,24,28)(H,25,30)/t15-,16-,23-/m1/s1. The van der Waals surface area contributed by atoms with Gasteiger partial charge >= 0.3 is 12.0 Å². The summed E-state index contributed by atoms with van der Waals surface area (Å²) in [6.07, 6.45) is 0.961. The summed E-state index contributed by atoms with van der Waals surface area (Å²) >= 11 is 0. The minimum atomic E-state index is -1.07. The largest absolute Gasteiger partial charge is 0.451 e. The Balaban J connectivity index is 1.59. The first-order valence-electron chi connectivity index (χ1n) is 10.6. The smallest absolute Gasteiger partial charge is 0.327 e. The van der Waals surface area contributed by atoms with E-state index in [1.54, 1.807) is 12.1 Å². The number of carbonyl (C=O) groups is 4. The van der Waals surface area contributed by atoms with Gasteiger partial charge in [-0.05, 0) is 56.6 Å². The van der Waals surface area contributed by atoms with Crippen LogP contribution in [0.3, 0.4) is 0 Å². The number of nitrogens with zero attached hydrogens (tertiary/aromatic N) is 1. The Morgan fingerprint density at radius 2 is 1.87 bits per heavy atom. The summed E-state index contributed by atoms with van der Waals surface area (Å²) in [4.78, 5) is 51.2. The van der Waals surface area contributed by atoms with Gasteiger partial charge in [-0.3, -0.25) is 19.3 Å². The van der Waals surface area contributed by atoms with Gasteiger partial charge < -0.3 is 15.4 Å². The second kappa shape index (κ2) is 8.32. The number of ether oxygens (including phenoxy) is 1. The monoisotopic (exact) mass is 429 g/mol. The summed E-state index contributed by atoms with van der Waals surface area (Å²) in [5, 5.41) is 5.49. The number of aryl methyl sites for hydroxylation is 1. The Hall–Kier alpha value is -2.90. The lowest BCUT2D eigenvalue weighted by molar-refractivity contribution is -0.155. The van der Waals surface area contributed by atoms with E-state index in [0.717, 1.165) is 16.9 Å². The lowest BCUT2D eigenvalue weighted by atomic mass is 9.64. The molecule has 1 saturated carbocycles. The highest BCUT2D eigenvalue weighted by molar-refractivity contribution is 6.09. The van der Waals surface area contributed by atoms with Crippen LogP contribution in [0.4, 0.5) is 10.5 Å². The number of nitrogens with one attached hydrogen (secondary N) is 2. The van der Waals surface area contributed by atoms with E-state index in [4.69, 9.17) is 4.74 Å². The van der Waals surface area contributed by atoms with Crippen molar-refractivity contribution in [1.82, 2.24) is 10.2 Å². The molecule has 2 N–H and O–H groups in total. The number of hydrogen-bond acceptors (Lipinski definition) is 5. The molecule has 0 unspecified atom stereocenters. The summed E-state index contributed by atoms with van der Waals surface area (Å²) in [6.45, 7) is 9.08. The fraction of sp³-hybridized carbons (Fsp3) is 0.565. The molecule has 1 spiro atoms. The Bertz CT molecular complexity index is 895. The van der Waals surface area contributed by atoms with Crippen molar-refractivity contribution in [3.8, 4) is 0 Å². The van der Waals surface area contributed by atoms with Crippen molar-refractivity contribution in [3.05, 3.63) is 29.8 Å². The van der Waals surface area contributed by atoms with Crippen LogP contribution >= 0.6 is 0 Å². The molecule has 1 aromatic carbocycles. The minimum Gasteiger partial charge on any atom is -0.451 e. The van der Waals surface area contributed by atoms with Gasteiger partial charge in [-0.2, -0.15) is 0 Å². The first-order valence-corrected chi connectivity index (χ1v) is 10.6. The van der Waals surface area contributed by atoms with Crippen LogP contribution < -0.4 is 10.6 Å². The number of anilines is 1. The Kier molecular flexibility index (Phi) is 6.11. The Morgan fingerprint density at radius 3 is 2.48 bits per heavy atom. The predicted molar refractivity (Wildman–Crippen MR) is 115 cm³/mol. The molecule has 1 aromatic rings. The van der Waals surface area contributed by atoms with Crippen LogP contribution in [0.1, 0.15) is 52.5 Å². The van der Waals surface area contributed by atoms with Gasteiger partial charge in [0.25, 0.3) is 11.8 Å². The molecule has 1 aliphatic carbocycles. The van der Waals surface area contributed by atoms with Crippen molar-refractivity contribution in [2.45, 2.75) is 65.5 Å². The molecule has 1 aliphatic heterocycles. The molecule has 2 aliphatic rings. The molecule has 0 bridgehead atoms. The zero-order valence-electron chi connectivity index (χ0n) is 18.8. The summed E-state index contributed by atoms with van der Waals surface area (Å²) in [5.41, 5.74) is 0.565. The maximum Gasteiger partial charge on any atom is 0.327 e. The molecule has 168 valence electrons. The third kappa shape index (κ3) is 5.06. The van der Waals surface area contributed by atoms with Crippen molar-refractivity contribution in [2.24, 2.45) is 11.3 Å². The number of benzene rings is 1. The molecular weight excluding hydrogens is 398 g/mol. The predicted octanol–water partition coefficient (Wildman–Crippen LogP) is 3.00. The fourth-order valence-electron chi connectivity index (χ4n) is 4.95. The summed E-state index contributed by atoms with van der Waals surface area (Å²) in [5.74, 6) is -1.43. The number of amides is 4. The quantitative estimate of drug-likeness (QED) is 0.553. The van der Waals surface area contributed by atoms with Gasteiger partial charge in [0.2, 0.25) is 0 Å². The van der Waals surface area contributed by atoms with Crippen molar-refractivity contribution < 1.29 is 23.9 Å². The van der Waals surface area contributed by atoms with Crippen LogP contribution in [0.15, 0.2) is 24.3 Å². The van der Waals surface area contributed by atoms with E-state index < -0.39 is 42.0 Å². The van der Waals surface area contributed by atoms with Crippen LogP contribution in [0.5, 0.6) is 0 Å². The second-order valence-corrected chi connectivity index (χ2v) is 9.75. The van der Waals surface area contributed by atoms with Crippen LogP contribution in [-0.4, -0.2) is 46.9 Å². The number of hydrogen-bond donors (Lipinski definition) is 2. The Morgan fingerprint density at radius 1 is 1.23 bits per heavy atom. The zero-order valence-corrected chi connectivity index (χ0v) is 18.8. The molecule has 8 nitrogen and oxygen atoms in total. The van der Waals surface area contributed by atoms with Crippen molar-refractivity contribution in [1.29, 1.82) is 0 Å². The average Bonchev–Trinajstić information content (AvgIpc) is 2.85.